The van der Waals surface area contributed by atoms with Crippen molar-refractivity contribution in [2.24, 2.45) is 11.3 Å². The van der Waals surface area contributed by atoms with Gasteiger partial charge in [0.15, 0.2) is 0 Å². The van der Waals surface area contributed by atoms with E-state index in [4.69, 9.17) is 0 Å². The van der Waals surface area contributed by atoms with Crippen LogP contribution in [0.4, 0.5) is 0 Å². The Morgan fingerprint density at radius 1 is 1.60 bits per heavy atom. The van der Waals surface area contributed by atoms with Gasteiger partial charge in [-0.25, -0.2) is 0 Å². The third-order valence-corrected chi connectivity index (χ3v) is 3.71. The van der Waals surface area contributed by atoms with Gasteiger partial charge in [0.05, 0.1) is 6.10 Å². The Kier molecular flexibility index (Phi) is 1.31. The topological polar surface area (TPSA) is 20.2 Å². The monoisotopic (exact) mass is 140 g/mol. The van der Waals surface area contributed by atoms with E-state index >= 15 is 0 Å². The highest BCUT2D eigenvalue weighted by molar-refractivity contribution is 5.00. The summed E-state index contributed by atoms with van der Waals surface area (Å²) in [6, 6.07) is 0. The van der Waals surface area contributed by atoms with Crippen molar-refractivity contribution in [3.63, 3.8) is 0 Å². The third-order valence-electron chi connectivity index (χ3n) is 3.71. The molecule has 2 fully saturated rings. The summed E-state index contributed by atoms with van der Waals surface area (Å²) in [5.41, 5.74) is 0.366. The molecule has 2 aliphatic carbocycles. The fraction of sp³-hybridized carbons (Fsp3) is 1.00. The number of hydrogen-bond donors (Lipinski definition) is 1. The van der Waals surface area contributed by atoms with Crippen molar-refractivity contribution in [2.45, 2.75) is 45.1 Å². The molecule has 0 radical (unpaired) electrons. The first-order valence-electron chi connectivity index (χ1n) is 4.45. The molecule has 0 amide bonds. The second kappa shape index (κ2) is 1.97. The van der Waals surface area contributed by atoms with Gasteiger partial charge in [0, 0.05) is 0 Å². The predicted molar refractivity (Wildman–Crippen MR) is 40.7 cm³/mol. The number of hydrogen-bond acceptors (Lipinski definition) is 1. The van der Waals surface area contributed by atoms with E-state index in [1.807, 2.05) is 0 Å². The van der Waals surface area contributed by atoms with E-state index in [0.29, 0.717) is 5.41 Å². The number of fused-ring (bicyclic) bond motifs is 2. The lowest BCUT2D eigenvalue weighted by atomic mass is 9.79. The van der Waals surface area contributed by atoms with E-state index in [9.17, 15) is 5.11 Å². The molecule has 0 aromatic carbocycles. The normalized spacial score (nSPS) is 52.2. The van der Waals surface area contributed by atoms with Crippen molar-refractivity contribution in [3.8, 4) is 0 Å². The fourth-order valence-corrected chi connectivity index (χ4v) is 2.90. The second-order valence-electron chi connectivity index (χ2n) is 4.08. The highest BCUT2D eigenvalue weighted by Crippen LogP contribution is 2.55. The van der Waals surface area contributed by atoms with Crippen molar-refractivity contribution in [3.05, 3.63) is 0 Å². The molecule has 0 heterocycles. The van der Waals surface area contributed by atoms with Crippen molar-refractivity contribution in [1.29, 1.82) is 0 Å². The van der Waals surface area contributed by atoms with Crippen LogP contribution in [0.15, 0.2) is 0 Å². The zero-order chi connectivity index (χ0) is 7.19. The molecule has 0 aromatic rings. The summed E-state index contributed by atoms with van der Waals surface area (Å²) in [7, 11) is 0. The molecule has 0 aromatic heterocycles. The largest absolute Gasteiger partial charge is 0.393 e. The van der Waals surface area contributed by atoms with Crippen LogP contribution in [0.1, 0.15) is 39.0 Å². The lowest BCUT2D eigenvalue weighted by Gasteiger charge is -2.30. The van der Waals surface area contributed by atoms with Crippen LogP contribution in [0.5, 0.6) is 0 Å². The summed E-state index contributed by atoms with van der Waals surface area (Å²) in [5.74, 6) is 0.870. The van der Waals surface area contributed by atoms with Crippen LogP contribution in [-0.2, 0) is 0 Å². The molecular weight excluding hydrogens is 124 g/mol. The average Bonchev–Trinajstić information content (AvgIpc) is 2.44. The van der Waals surface area contributed by atoms with Crippen LogP contribution in [0.3, 0.4) is 0 Å². The summed E-state index contributed by atoms with van der Waals surface area (Å²) in [5, 5.41) is 9.67. The zero-order valence-corrected chi connectivity index (χ0v) is 6.64. The number of aliphatic hydroxyl groups is 1. The first kappa shape index (κ1) is 6.66. The summed E-state index contributed by atoms with van der Waals surface area (Å²) < 4.78 is 0. The number of aliphatic hydroxyl groups excluding tert-OH is 1. The Hall–Kier alpha value is -0.0400. The van der Waals surface area contributed by atoms with Gasteiger partial charge in [-0.15, -0.1) is 0 Å². The van der Waals surface area contributed by atoms with Gasteiger partial charge >= 0.3 is 0 Å². The van der Waals surface area contributed by atoms with Gasteiger partial charge in [0.25, 0.3) is 0 Å². The minimum absolute atomic E-state index is 0.0382. The minimum Gasteiger partial charge on any atom is -0.393 e. The van der Waals surface area contributed by atoms with Crippen LogP contribution in [0.25, 0.3) is 0 Å². The SMILES string of the molecule is CC[C@]12CC[C@H](C[C@@H]1O)C2. The van der Waals surface area contributed by atoms with Gasteiger partial charge in [0.2, 0.25) is 0 Å². The van der Waals surface area contributed by atoms with Crippen LogP contribution in [0.2, 0.25) is 0 Å². The first-order chi connectivity index (χ1) is 4.77. The Morgan fingerprint density at radius 3 is 2.70 bits per heavy atom. The molecule has 0 aliphatic heterocycles. The maximum atomic E-state index is 9.67. The Balaban J connectivity index is 2.19. The van der Waals surface area contributed by atoms with Gasteiger partial charge in [-0.2, -0.15) is 0 Å². The molecule has 3 atom stereocenters. The van der Waals surface area contributed by atoms with Gasteiger partial charge in [-0.1, -0.05) is 6.92 Å². The van der Waals surface area contributed by atoms with E-state index in [-0.39, 0.29) is 6.10 Å². The maximum absolute atomic E-state index is 9.67. The molecule has 1 nitrogen and oxygen atoms in total. The van der Waals surface area contributed by atoms with Crippen molar-refractivity contribution in [2.75, 3.05) is 0 Å². The van der Waals surface area contributed by atoms with E-state index in [2.05, 4.69) is 6.92 Å². The molecule has 2 rings (SSSR count). The molecule has 2 aliphatic rings. The fourth-order valence-electron chi connectivity index (χ4n) is 2.90. The van der Waals surface area contributed by atoms with Gasteiger partial charge < -0.3 is 5.11 Å². The van der Waals surface area contributed by atoms with Gasteiger partial charge in [0.1, 0.15) is 0 Å². The molecule has 1 heteroatoms. The molecule has 0 saturated heterocycles. The molecule has 0 unspecified atom stereocenters. The second-order valence-corrected chi connectivity index (χ2v) is 4.08. The Labute approximate surface area is 62.4 Å². The molecule has 58 valence electrons. The summed E-state index contributed by atoms with van der Waals surface area (Å²) in [6.07, 6.45) is 6.29. The lowest BCUT2D eigenvalue weighted by Crippen LogP contribution is -2.28. The summed E-state index contributed by atoms with van der Waals surface area (Å²) in [4.78, 5) is 0. The minimum atomic E-state index is 0.0382. The lowest BCUT2D eigenvalue weighted by molar-refractivity contribution is 0.0377. The Morgan fingerprint density at radius 2 is 2.40 bits per heavy atom. The Bertz CT molecular complexity index is 144. The van der Waals surface area contributed by atoms with Crippen LogP contribution in [0, 0.1) is 11.3 Å². The van der Waals surface area contributed by atoms with E-state index in [1.54, 1.807) is 0 Å². The highest BCUT2D eigenvalue weighted by Gasteiger charge is 2.49. The standard InChI is InChI=1S/C9H16O/c1-2-9-4-3-7(6-9)5-8(9)10/h7-8,10H,2-6H2,1H3/t7-,8+,9-/m1/s1. The quantitative estimate of drug-likeness (QED) is 0.590. The van der Waals surface area contributed by atoms with Crippen LogP contribution < -0.4 is 0 Å². The molecule has 2 saturated carbocycles. The summed E-state index contributed by atoms with van der Waals surface area (Å²) >= 11 is 0. The van der Waals surface area contributed by atoms with Crippen LogP contribution >= 0.6 is 0 Å². The van der Waals surface area contributed by atoms with E-state index < -0.39 is 0 Å². The van der Waals surface area contributed by atoms with Crippen LogP contribution in [-0.4, -0.2) is 11.2 Å². The van der Waals surface area contributed by atoms with E-state index in [0.717, 1.165) is 12.3 Å². The average molecular weight is 140 g/mol. The summed E-state index contributed by atoms with van der Waals surface area (Å²) in [6.45, 7) is 2.22. The number of rotatable bonds is 1. The molecular formula is C9H16O. The molecule has 0 spiro atoms. The van der Waals surface area contributed by atoms with Gasteiger partial charge in [-0.05, 0) is 43.4 Å². The third kappa shape index (κ3) is 0.672. The predicted octanol–water partition coefficient (Wildman–Crippen LogP) is 1.95. The molecule has 1 N–H and O–H groups in total. The van der Waals surface area contributed by atoms with Gasteiger partial charge in [-0.3, -0.25) is 0 Å². The molecule has 10 heavy (non-hydrogen) atoms. The molecule has 2 bridgehead atoms. The van der Waals surface area contributed by atoms with E-state index in [1.165, 1.54) is 25.7 Å². The maximum Gasteiger partial charge on any atom is 0.0599 e. The van der Waals surface area contributed by atoms with Crippen molar-refractivity contribution < 1.29 is 5.11 Å². The highest BCUT2D eigenvalue weighted by atomic mass is 16.3. The zero-order valence-electron chi connectivity index (χ0n) is 6.64. The smallest absolute Gasteiger partial charge is 0.0599 e. The van der Waals surface area contributed by atoms with Crippen molar-refractivity contribution >= 4 is 0 Å². The first-order valence-corrected chi connectivity index (χ1v) is 4.45. The van der Waals surface area contributed by atoms with Crippen molar-refractivity contribution in [1.82, 2.24) is 0 Å².